The molecule has 0 aromatic heterocycles. The van der Waals surface area contributed by atoms with Crippen molar-refractivity contribution in [3.63, 3.8) is 0 Å². The molecule has 3 aromatic carbocycles. The lowest BCUT2D eigenvalue weighted by atomic mass is 9.87. The SMILES string of the molecule is CC[C@@]1(c2ccccc2)NC(=O)N(CC(=O)NC(c2ccccc2)c2ccccc2)C1=O. The molecule has 4 rings (SSSR count). The van der Waals surface area contributed by atoms with E-state index < -0.39 is 29.4 Å². The maximum absolute atomic E-state index is 13.3. The van der Waals surface area contributed by atoms with Gasteiger partial charge in [-0.2, -0.15) is 0 Å². The van der Waals surface area contributed by atoms with Gasteiger partial charge in [0, 0.05) is 0 Å². The third kappa shape index (κ3) is 3.99. The molecule has 2 N–H and O–H groups in total. The number of benzene rings is 3. The summed E-state index contributed by atoms with van der Waals surface area (Å²) in [5.74, 6) is -0.825. The van der Waals surface area contributed by atoms with E-state index in [1.54, 1.807) is 0 Å². The van der Waals surface area contributed by atoms with Gasteiger partial charge in [-0.15, -0.1) is 0 Å². The van der Waals surface area contributed by atoms with Gasteiger partial charge in [0.25, 0.3) is 5.91 Å². The smallest absolute Gasteiger partial charge is 0.325 e. The summed E-state index contributed by atoms with van der Waals surface area (Å²) in [6.45, 7) is 1.49. The number of imide groups is 1. The van der Waals surface area contributed by atoms with Crippen LogP contribution in [0.15, 0.2) is 91.0 Å². The van der Waals surface area contributed by atoms with Crippen molar-refractivity contribution in [3.8, 4) is 0 Å². The van der Waals surface area contributed by atoms with Crippen LogP contribution >= 0.6 is 0 Å². The first kappa shape index (κ1) is 21.3. The molecule has 162 valence electrons. The van der Waals surface area contributed by atoms with E-state index in [0.29, 0.717) is 12.0 Å². The van der Waals surface area contributed by atoms with E-state index in [-0.39, 0.29) is 6.54 Å². The molecule has 1 fully saturated rings. The van der Waals surface area contributed by atoms with Crippen molar-refractivity contribution in [1.82, 2.24) is 15.5 Å². The largest absolute Gasteiger partial charge is 0.344 e. The van der Waals surface area contributed by atoms with Crippen LogP contribution in [-0.2, 0) is 15.1 Å². The molecule has 0 unspecified atom stereocenters. The summed E-state index contributed by atoms with van der Waals surface area (Å²) < 4.78 is 0. The highest BCUT2D eigenvalue weighted by atomic mass is 16.2. The average molecular weight is 428 g/mol. The summed E-state index contributed by atoms with van der Waals surface area (Å²) in [5.41, 5.74) is 1.37. The van der Waals surface area contributed by atoms with Crippen molar-refractivity contribution in [2.75, 3.05) is 6.54 Å². The van der Waals surface area contributed by atoms with Gasteiger partial charge < -0.3 is 10.6 Å². The van der Waals surface area contributed by atoms with Gasteiger partial charge in [0.2, 0.25) is 5.91 Å². The van der Waals surface area contributed by atoms with Crippen molar-refractivity contribution in [2.45, 2.75) is 24.9 Å². The Morgan fingerprint density at radius 3 is 1.88 bits per heavy atom. The minimum absolute atomic E-state index is 0.352. The summed E-state index contributed by atoms with van der Waals surface area (Å²) in [6, 6.07) is 27.4. The summed E-state index contributed by atoms with van der Waals surface area (Å²) in [7, 11) is 0. The van der Waals surface area contributed by atoms with E-state index in [0.717, 1.165) is 16.0 Å². The molecule has 0 spiro atoms. The maximum Gasteiger partial charge on any atom is 0.325 e. The van der Waals surface area contributed by atoms with E-state index in [9.17, 15) is 14.4 Å². The highest BCUT2D eigenvalue weighted by Gasteiger charge is 2.51. The first-order valence-electron chi connectivity index (χ1n) is 10.6. The number of hydrogen-bond donors (Lipinski definition) is 2. The minimum atomic E-state index is -1.16. The molecule has 0 aliphatic carbocycles. The van der Waals surface area contributed by atoms with Crippen LogP contribution in [0.1, 0.15) is 36.1 Å². The zero-order valence-electron chi connectivity index (χ0n) is 17.8. The van der Waals surface area contributed by atoms with Gasteiger partial charge in [0.15, 0.2) is 0 Å². The Morgan fingerprint density at radius 1 is 0.875 bits per heavy atom. The molecule has 0 saturated carbocycles. The second-order valence-electron chi connectivity index (χ2n) is 7.77. The second-order valence-corrected chi connectivity index (χ2v) is 7.77. The monoisotopic (exact) mass is 427 g/mol. The second kappa shape index (κ2) is 9.06. The lowest BCUT2D eigenvalue weighted by Gasteiger charge is -2.26. The topological polar surface area (TPSA) is 78.5 Å². The van der Waals surface area contributed by atoms with Crippen molar-refractivity contribution < 1.29 is 14.4 Å². The molecule has 1 saturated heterocycles. The summed E-state index contributed by atoms with van der Waals surface area (Å²) in [5, 5.41) is 5.80. The third-order valence-electron chi connectivity index (χ3n) is 5.85. The van der Waals surface area contributed by atoms with E-state index >= 15 is 0 Å². The fourth-order valence-corrected chi connectivity index (χ4v) is 4.13. The van der Waals surface area contributed by atoms with Gasteiger partial charge in [0.1, 0.15) is 12.1 Å². The van der Waals surface area contributed by atoms with Crippen molar-refractivity contribution in [2.24, 2.45) is 0 Å². The Morgan fingerprint density at radius 2 is 1.38 bits per heavy atom. The van der Waals surface area contributed by atoms with Crippen LogP contribution in [0.2, 0.25) is 0 Å². The zero-order valence-corrected chi connectivity index (χ0v) is 17.8. The fourth-order valence-electron chi connectivity index (χ4n) is 4.13. The van der Waals surface area contributed by atoms with Gasteiger partial charge in [-0.3, -0.25) is 14.5 Å². The van der Waals surface area contributed by atoms with Crippen molar-refractivity contribution in [1.29, 1.82) is 0 Å². The van der Waals surface area contributed by atoms with Crippen molar-refractivity contribution >= 4 is 17.8 Å². The Hall–Kier alpha value is -3.93. The van der Waals surface area contributed by atoms with Crippen LogP contribution in [0.4, 0.5) is 4.79 Å². The number of urea groups is 1. The first-order chi connectivity index (χ1) is 15.5. The molecule has 1 heterocycles. The van der Waals surface area contributed by atoms with Crippen LogP contribution in [-0.4, -0.2) is 29.3 Å². The lowest BCUT2D eigenvalue weighted by molar-refractivity contribution is -0.135. The number of carbonyl (C=O) groups is 3. The van der Waals surface area contributed by atoms with Crippen LogP contribution in [0.25, 0.3) is 0 Å². The molecule has 32 heavy (non-hydrogen) atoms. The van der Waals surface area contributed by atoms with Crippen LogP contribution in [0.3, 0.4) is 0 Å². The fraction of sp³-hybridized carbons (Fsp3) is 0.192. The molecule has 0 radical (unpaired) electrons. The van der Waals surface area contributed by atoms with E-state index in [1.165, 1.54) is 0 Å². The van der Waals surface area contributed by atoms with Crippen LogP contribution in [0, 0.1) is 0 Å². The normalized spacial score (nSPS) is 18.0. The maximum atomic E-state index is 13.3. The number of nitrogens with one attached hydrogen (secondary N) is 2. The number of nitrogens with zero attached hydrogens (tertiary/aromatic N) is 1. The minimum Gasteiger partial charge on any atom is -0.344 e. The molecule has 6 nitrogen and oxygen atoms in total. The molecular weight excluding hydrogens is 402 g/mol. The van der Waals surface area contributed by atoms with Crippen molar-refractivity contribution in [3.05, 3.63) is 108 Å². The zero-order chi connectivity index (χ0) is 22.6. The summed E-state index contributed by atoms with van der Waals surface area (Å²) >= 11 is 0. The highest BCUT2D eigenvalue weighted by molar-refractivity contribution is 6.09. The molecule has 3 aromatic rings. The number of amides is 4. The van der Waals surface area contributed by atoms with E-state index in [4.69, 9.17) is 0 Å². The number of rotatable bonds is 7. The van der Waals surface area contributed by atoms with Gasteiger partial charge in [-0.05, 0) is 23.1 Å². The van der Waals surface area contributed by atoms with Gasteiger partial charge in [0.05, 0.1) is 6.04 Å². The molecule has 0 bridgehead atoms. The molecule has 1 atom stereocenters. The average Bonchev–Trinajstić information content (AvgIpc) is 3.09. The Bertz CT molecular complexity index is 1060. The Balaban J connectivity index is 1.55. The standard InChI is InChI=1S/C26H25N3O3/c1-2-26(21-16-10-5-11-17-21)24(31)29(25(32)28-26)18-22(30)27-23(19-12-6-3-7-13-19)20-14-8-4-9-15-20/h3-17,23H,2,18H2,1H3,(H,27,30)(H,28,32)/t26-/m0/s1. The highest BCUT2D eigenvalue weighted by Crippen LogP contribution is 2.32. The predicted octanol–water partition coefficient (Wildman–Crippen LogP) is 3.75. The number of hydrogen-bond acceptors (Lipinski definition) is 3. The quantitative estimate of drug-likeness (QED) is 0.564. The van der Waals surface area contributed by atoms with Crippen LogP contribution < -0.4 is 10.6 Å². The first-order valence-corrected chi connectivity index (χ1v) is 10.6. The summed E-state index contributed by atoms with van der Waals surface area (Å²) in [4.78, 5) is 40.0. The number of carbonyl (C=O) groups excluding carboxylic acids is 3. The molecule has 6 heteroatoms. The lowest BCUT2D eigenvalue weighted by Crippen LogP contribution is -2.45. The van der Waals surface area contributed by atoms with E-state index in [2.05, 4.69) is 10.6 Å². The Kier molecular flexibility index (Phi) is 6.03. The van der Waals surface area contributed by atoms with Gasteiger partial charge >= 0.3 is 6.03 Å². The molecule has 1 aliphatic rings. The molecule has 4 amide bonds. The third-order valence-corrected chi connectivity index (χ3v) is 5.85. The van der Waals surface area contributed by atoms with E-state index in [1.807, 2.05) is 97.9 Å². The Labute approximate surface area is 187 Å². The predicted molar refractivity (Wildman–Crippen MR) is 122 cm³/mol. The molecular formula is C26H25N3O3. The summed E-state index contributed by atoms with van der Waals surface area (Å²) in [6.07, 6.45) is 0.385. The van der Waals surface area contributed by atoms with Gasteiger partial charge in [-0.1, -0.05) is 97.9 Å². The van der Waals surface area contributed by atoms with Gasteiger partial charge in [-0.25, -0.2) is 4.79 Å². The van der Waals surface area contributed by atoms with Crippen LogP contribution in [0.5, 0.6) is 0 Å². The molecule has 1 aliphatic heterocycles.